The molecule has 0 saturated carbocycles. The van der Waals surface area contributed by atoms with Crippen molar-refractivity contribution in [3.05, 3.63) is 0 Å². The summed E-state index contributed by atoms with van der Waals surface area (Å²) < 4.78 is 0. The van der Waals surface area contributed by atoms with Gasteiger partial charge in [-0.2, -0.15) is 0 Å². The minimum Gasteiger partial charge on any atom is -0.346 e. The highest BCUT2D eigenvalue weighted by Crippen LogP contribution is 2.08. The van der Waals surface area contributed by atoms with Crippen LogP contribution >= 0.6 is 0 Å². The van der Waals surface area contributed by atoms with Gasteiger partial charge >= 0.3 is 0 Å². The molecule has 0 heterocycles. The minimum atomic E-state index is -0.527. The zero-order valence-corrected chi connectivity index (χ0v) is 17.9. The Morgan fingerprint density at radius 3 is 2.04 bits per heavy atom. The molecule has 0 aromatic carbocycles. The minimum absolute atomic E-state index is 0.00542. The molecule has 27 heavy (non-hydrogen) atoms. The third kappa shape index (κ3) is 11.8. The Labute approximate surface area is 164 Å². The molecule has 0 aromatic rings. The number of Topliss-reactive ketones (excluding diaryl/α,β-unsaturated/α-hetero) is 1. The first-order chi connectivity index (χ1) is 12.6. The molecule has 5 N–H and O–H groups in total. The molecule has 0 aliphatic carbocycles. The molecule has 0 aliphatic rings. The van der Waals surface area contributed by atoms with Gasteiger partial charge in [0.2, 0.25) is 11.8 Å². The number of unbranched alkanes of at least 4 members (excludes halogenated alkanes) is 1. The van der Waals surface area contributed by atoms with Gasteiger partial charge in [0.05, 0.1) is 18.6 Å². The Morgan fingerprint density at radius 1 is 0.926 bits per heavy atom. The fraction of sp³-hybridized carbons (Fsp3) is 0.850. The van der Waals surface area contributed by atoms with Crippen LogP contribution in [0.2, 0.25) is 0 Å². The first-order valence-electron chi connectivity index (χ1n) is 10.1. The van der Waals surface area contributed by atoms with Crippen molar-refractivity contribution in [3.8, 4) is 0 Å². The summed E-state index contributed by atoms with van der Waals surface area (Å²) in [7, 11) is 0. The smallest absolute Gasteiger partial charge is 0.239 e. The van der Waals surface area contributed by atoms with Crippen molar-refractivity contribution >= 4 is 17.6 Å². The molecule has 0 rings (SSSR count). The van der Waals surface area contributed by atoms with E-state index in [-0.39, 0.29) is 42.1 Å². The second-order valence-electron chi connectivity index (χ2n) is 8.18. The first kappa shape index (κ1) is 25.5. The van der Waals surface area contributed by atoms with E-state index >= 15 is 0 Å². The molecule has 0 fully saturated rings. The molecule has 0 unspecified atom stereocenters. The predicted molar refractivity (Wildman–Crippen MR) is 109 cm³/mol. The normalized spacial score (nSPS) is 13.7. The summed E-state index contributed by atoms with van der Waals surface area (Å²) >= 11 is 0. The van der Waals surface area contributed by atoms with E-state index in [1.54, 1.807) is 0 Å². The molecule has 2 amide bonds. The van der Waals surface area contributed by atoms with Crippen LogP contribution < -0.4 is 21.7 Å². The number of nitrogens with two attached hydrogens (primary N) is 1. The Balaban J connectivity index is 4.68. The van der Waals surface area contributed by atoms with E-state index in [0.29, 0.717) is 25.3 Å². The van der Waals surface area contributed by atoms with Crippen LogP contribution in [0.5, 0.6) is 0 Å². The van der Waals surface area contributed by atoms with Crippen molar-refractivity contribution in [3.63, 3.8) is 0 Å². The van der Waals surface area contributed by atoms with Gasteiger partial charge in [-0.05, 0) is 38.1 Å². The maximum absolute atomic E-state index is 12.4. The van der Waals surface area contributed by atoms with Crippen LogP contribution in [0.25, 0.3) is 0 Å². The van der Waals surface area contributed by atoms with Crippen molar-refractivity contribution in [2.75, 3.05) is 13.1 Å². The van der Waals surface area contributed by atoms with E-state index in [1.165, 1.54) is 0 Å². The van der Waals surface area contributed by atoms with Crippen LogP contribution in [0.1, 0.15) is 67.2 Å². The Kier molecular flexibility index (Phi) is 12.9. The van der Waals surface area contributed by atoms with E-state index in [0.717, 1.165) is 12.8 Å². The molecule has 2 atom stereocenters. The van der Waals surface area contributed by atoms with Crippen LogP contribution in [0.4, 0.5) is 0 Å². The van der Waals surface area contributed by atoms with E-state index in [9.17, 15) is 14.4 Å². The highest BCUT2D eigenvalue weighted by molar-refractivity contribution is 5.92. The number of rotatable bonds is 14. The summed E-state index contributed by atoms with van der Waals surface area (Å²) in [5.41, 5.74) is 5.50. The zero-order valence-electron chi connectivity index (χ0n) is 17.9. The van der Waals surface area contributed by atoms with Gasteiger partial charge in [0.15, 0.2) is 5.78 Å². The van der Waals surface area contributed by atoms with Crippen molar-refractivity contribution in [1.82, 2.24) is 16.0 Å². The lowest BCUT2D eigenvalue weighted by atomic mass is 9.97. The molecule has 0 radical (unpaired) electrons. The maximum Gasteiger partial charge on any atom is 0.239 e. The molecule has 0 aliphatic heterocycles. The summed E-state index contributed by atoms with van der Waals surface area (Å²) in [6, 6.07) is -0.694. The molecule has 0 spiro atoms. The average Bonchev–Trinajstić information content (AvgIpc) is 2.56. The van der Waals surface area contributed by atoms with Gasteiger partial charge in [-0.15, -0.1) is 0 Å². The summed E-state index contributed by atoms with van der Waals surface area (Å²) in [6.07, 6.45) is 2.85. The summed E-state index contributed by atoms with van der Waals surface area (Å²) in [5, 5.41) is 8.69. The zero-order chi connectivity index (χ0) is 21.0. The molecule has 7 nitrogen and oxygen atoms in total. The molecular formula is C20H40N4O3. The van der Waals surface area contributed by atoms with Crippen LogP contribution in [0.3, 0.4) is 0 Å². The molecule has 0 bridgehead atoms. The Morgan fingerprint density at radius 2 is 1.56 bits per heavy atom. The number of carbonyl (C=O) groups excluding carboxylic acids is 3. The van der Waals surface area contributed by atoms with Crippen LogP contribution in [-0.2, 0) is 14.4 Å². The monoisotopic (exact) mass is 384 g/mol. The molecular weight excluding hydrogens is 344 g/mol. The predicted octanol–water partition coefficient (Wildman–Crippen LogP) is 1.35. The molecule has 158 valence electrons. The van der Waals surface area contributed by atoms with Gasteiger partial charge in [0, 0.05) is 12.0 Å². The van der Waals surface area contributed by atoms with E-state index in [1.807, 2.05) is 27.7 Å². The number of ketones is 1. The third-order valence-electron chi connectivity index (χ3n) is 4.18. The standard InChI is InChI=1S/C20H40N4O3/c1-13(2)11-17(23-15(5)6)20(27)22-12-18(25)24-16(9-7-8-10-21)19(26)14(3)4/h13-17,23H,7-12,21H2,1-6H3,(H,22,27)(H,24,25)/t16-,17-/m0/s1. The second kappa shape index (κ2) is 13.7. The fourth-order valence-electron chi connectivity index (χ4n) is 2.84. The van der Waals surface area contributed by atoms with Crippen molar-refractivity contribution < 1.29 is 14.4 Å². The number of nitrogens with one attached hydrogen (secondary N) is 3. The number of hydrogen-bond donors (Lipinski definition) is 4. The SMILES string of the molecule is CC(C)C[C@H](NC(C)C)C(=O)NCC(=O)N[C@@H](CCCCN)C(=O)C(C)C. The summed E-state index contributed by atoms with van der Waals surface area (Å²) in [5.74, 6) is -0.332. The number of amides is 2. The maximum atomic E-state index is 12.4. The van der Waals surface area contributed by atoms with Crippen molar-refractivity contribution in [2.24, 2.45) is 17.6 Å². The molecule has 0 aromatic heterocycles. The number of carbonyl (C=O) groups is 3. The van der Waals surface area contributed by atoms with E-state index in [4.69, 9.17) is 5.73 Å². The number of hydrogen-bond acceptors (Lipinski definition) is 5. The summed E-state index contributed by atoms with van der Waals surface area (Å²) in [4.78, 5) is 37.0. The fourth-order valence-corrected chi connectivity index (χ4v) is 2.84. The Bertz CT molecular complexity index is 454. The van der Waals surface area contributed by atoms with Crippen LogP contribution in [0, 0.1) is 11.8 Å². The first-order valence-corrected chi connectivity index (χ1v) is 10.1. The van der Waals surface area contributed by atoms with Gasteiger partial charge in [-0.25, -0.2) is 0 Å². The Hall–Kier alpha value is -1.47. The van der Waals surface area contributed by atoms with Crippen molar-refractivity contribution in [2.45, 2.75) is 85.4 Å². The highest BCUT2D eigenvalue weighted by atomic mass is 16.2. The lowest BCUT2D eigenvalue weighted by molar-refractivity contribution is -0.130. The highest BCUT2D eigenvalue weighted by Gasteiger charge is 2.24. The van der Waals surface area contributed by atoms with Gasteiger partial charge in [-0.1, -0.05) is 41.5 Å². The van der Waals surface area contributed by atoms with Gasteiger partial charge < -0.3 is 21.7 Å². The molecule has 0 saturated heterocycles. The van der Waals surface area contributed by atoms with Gasteiger partial charge in [0.25, 0.3) is 0 Å². The van der Waals surface area contributed by atoms with Gasteiger partial charge in [-0.3, -0.25) is 14.4 Å². The third-order valence-corrected chi connectivity index (χ3v) is 4.18. The van der Waals surface area contributed by atoms with Crippen molar-refractivity contribution in [1.29, 1.82) is 0 Å². The second-order valence-corrected chi connectivity index (χ2v) is 8.18. The van der Waals surface area contributed by atoms with E-state index in [2.05, 4.69) is 29.8 Å². The lowest BCUT2D eigenvalue weighted by Gasteiger charge is -2.23. The van der Waals surface area contributed by atoms with Crippen LogP contribution in [0.15, 0.2) is 0 Å². The van der Waals surface area contributed by atoms with Crippen LogP contribution in [-0.4, -0.2) is 48.8 Å². The quantitative estimate of drug-likeness (QED) is 0.338. The summed E-state index contributed by atoms with van der Waals surface area (Å²) in [6.45, 7) is 12.1. The lowest BCUT2D eigenvalue weighted by Crippen LogP contribution is -2.51. The average molecular weight is 385 g/mol. The molecule has 7 heteroatoms. The van der Waals surface area contributed by atoms with E-state index < -0.39 is 6.04 Å². The topological polar surface area (TPSA) is 113 Å². The van der Waals surface area contributed by atoms with Gasteiger partial charge in [0.1, 0.15) is 0 Å². The largest absolute Gasteiger partial charge is 0.346 e.